The zero-order valence-corrected chi connectivity index (χ0v) is 5.39. The first-order chi connectivity index (χ1) is 4.19. The molecule has 3 heteroatoms. The van der Waals surface area contributed by atoms with Crippen LogP contribution in [0.2, 0.25) is 0 Å². The summed E-state index contributed by atoms with van der Waals surface area (Å²) in [7, 11) is 0. The van der Waals surface area contributed by atoms with E-state index < -0.39 is 5.60 Å². The van der Waals surface area contributed by atoms with Crippen molar-refractivity contribution in [3.05, 3.63) is 0 Å². The maximum atomic E-state index is 9.34. The highest BCUT2D eigenvalue weighted by Gasteiger charge is 2.37. The highest BCUT2D eigenvalue weighted by atomic mass is 16.3. The Morgan fingerprint density at radius 2 is 2.56 bits per heavy atom. The predicted molar refractivity (Wildman–Crippen MR) is 32.6 cm³/mol. The minimum absolute atomic E-state index is 0.0810. The first-order valence-electron chi connectivity index (χ1n) is 3.06. The van der Waals surface area contributed by atoms with Gasteiger partial charge in [-0.1, -0.05) is 0 Å². The van der Waals surface area contributed by atoms with Crippen molar-refractivity contribution in [2.45, 2.75) is 25.0 Å². The van der Waals surface area contributed by atoms with Gasteiger partial charge in [-0.3, -0.25) is 0 Å². The molecule has 0 amide bonds. The quantitative estimate of drug-likeness (QED) is 0.435. The van der Waals surface area contributed by atoms with Crippen LogP contribution in [0.4, 0.5) is 0 Å². The van der Waals surface area contributed by atoms with E-state index in [9.17, 15) is 5.11 Å². The van der Waals surface area contributed by atoms with Gasteiger partial charge in [0.1, 0.15) is 0 Å². The Kier molecular flexibility index (Phi) is 1.43. The Labute approximate surface area is 54.3 Å². The molecule has 3 nitrogen and oxygen atoms in total. The lowest BCUT2D eigenvalue weighted by Crippen LogP contribution is -2.38. The number of nitriles is 1. The Balaban J connectivity index is 2.70. The number of hydrogen-bond donors (Lipinski definition) is 2. The molecule has 2 atom stereocenters. The summed E-state index contributed by atoms with van der Waals surface area (Å²) in [6.45, 7) is 2.56. The molecular weight excluding hydrogens is 116 g/mol. The lowest BCUT2D eigenvalue weighted by atomic mass is 9.99. The summed E-state index contributed by atoms with van der Waals surface area (Å²) in [6, 6.07) is 1.80. The molecule has 50 valence electrons. The average molecular weight is 126 g/mol. The van der Waals surface area contributed by atoms with E-state index in [2.05, 4.69) is 5.32 Å². The van der Waals surface area contributed by atoms with Crippen LogP contribution in [0.15, 0.2) is 0 Å². The first-order valence-corrected chi connectivity index (χ1v) is 3.06. The van der Waals surface area contributed by atoms with Crippen LogP contribution in [0.5, 0.6) is 0 Å². The molecule has 0 aromatic heterocycles. The Morgan fingerprint density at radius 3 is 2.78 bits per heavy atom. The van der Waals surface area contributed by atoms with Crippen molar-refractivity contribution < 1.29 is 5.11 Å². The minimum Gasteiger partial charge on any atom is -0.374 e. The van der Waals surface area contributed by atoms with Gasteiger partial charge in [0.05, 0.1) is 6.07 Å². The number of aliphatic hydroxyl groups is 1. The Morgan fingerprint density at radius 1 is 1.89 bits per heavy atom. The molecule has 0 bridgehead atoms. The zero-order chi connectivity index (χ0) is 6.91. The van der Waals surface area contributed by atoms with E-state index in [0.29, 0.717) is 6.42 Å². The SMILES string of the molecule is CC1NCCC1(O)C#N. The van der Waals surface area contributed by atoms with E-state index in [1.165, 1.54) is 0 Å². The van der Waals surface area contributed by atoms with Crippen molar-refractivity contribution in [2.75, 3.05) is 6.54 Å². The second kappa shape index (κ2) is 1.98. The molecule has 0 spiro atoms. The molecule has 9 heavy (non-hydrogen) atoms. The molecule has 1 aliphatic rings. The molecule has 0 aliphatic carbocycles. The molecule has 0 aromatic rings. The van der Waals surface area contributed by atoms with Crippen LogP contribution < -0.4 is 5.32 Å². The van der Waals surface area contributed by atoms with Gasteiger partial charge >= 0.3 is 0 Å². The highest BCUT2D eigenvalue weighted by molar-refractivity contribution is 5.10. The average Bonchev–Trinajstić information content (AvgIpc) is 2.15. The molecule has 1 rings (SSSR count). The number of rotatable bonds is 0. The van der Waals surface area contributed by atoms with Crippen LogP contribution in [0.1, 0.15) is 13.3 Å². The summed E-state index contributed by atoms with van der Waals surface area (Å²) in [4.78, 5) is 0. The van der Waals surface area contributed by atoms with Crippen molar-refractivity contribution in [3.63, 3.8) is 0 Å². The van der Waals surface area contributed by atoms with Crippen molar-refractivity contribution in [1.29, 1.82) is 5.26 Å². The van der Waals surface area contributed by atoms with Gasteiger partial charge in [0.2, 0.25) is 0 Å². The second-order valence-electron chi connectivity index (χ2n) is 2.46. The number of nitrogens with one attached hydrogen (secondary N) is 1. The normalized spacial score (nSPS) is 42.6. The lowest BCUT2D eigenvalue weighted by Gasteiger charge is -2.16. The standard InChI is InChI=1S/C6H10N2O/c1-5-6(9,4-7)2-3-8-5/h5,8-9H,2-3H2,1H3. The van der Waals surface area contributed by atoms with Gasteiger partial charge in [-0.25, -0.2) is 0 Å². The van der Waals surface area contributed by atoms with Crippen LogP contribution in [-0.2, 0) is 0 Å². The summed E-state index contributed by atoms with van der Waals surface area (Å²) in [5, 5.41) is 20.8. The topological polar surface area (TPSA) is 56.0 Å². The largest absolute Gasteiger partial charge is 0.374 e. The monoisotopic (exact) mass is 126 g/mol. The Hall–Kier alpha value is -0.590. The van der Waals surface area contributed by atoms with Crippen LogP contribution in [0, 0.1) is 11.3 Å². The lowest BCUT2D eigenvalue weighted by molar-refractivity contribution is 0.0912. The van der Waals surface area contributed by atoms with Crippen molar-refractivity contribution in [3.8, 4) is 6.07 Å². The number of nitrogens with zero attached hydrogens (tertiary/aromatic N) is 1. The van der Waals surface area contributed by atoms with Gasteiger partial charge in [0.15, 0.2) is 5.60 Å². The van der Waals surface area contributed by atoms with Crippen LogP contribution in [-0.4, -0.2) is 23.3 Å². The fourth-order valence-corrected chi connectivity index (χ4v) is 1.02. The fraction of sp³-hybridized carbons (Fsp3) is 0.833. The summed E-state index contributed by atoms with van der Waals surface area (Å²) >= 11 is 0. The molecule has 2 unspecified atom stereocenters. The first kappa shape index (κ1) is 6.53. The van der Waals surface area contributed by atoms with Crippen LogP contribution in [0.25, 0.3) is 0 Å². The maximum Gasteiger partial charge on any atom is 0.167 e. The van der Waals surface area contributed by atoms with E-state index in [-0.39, 0.29) is 6.04 Å². The molecule has 2 N–H and O–H groups in total. The van der Waals surface area contributed by atoms with E-state index in [0.717, 1.165) is 6.54 Å². The van der Waals surface area contributed by atoms with Gasteiger partial charge in [0, 0.05) is 12.5 Å². The van der Waals surface area contributed by atoms with Gasteiger partial charge in [-0.2, -0.15) is 5.26 Å². The third kappa shape index (κ3) is 0.913. The molecule has 1 fully saturated rings. The van der Waals surface area contributed by atoms with Gasteiger partial charge in [-0.05, 0) is 13.5 Å². The van der Waals surface area contributed by atoms with E-state index in [4.69, 9.17) is 5.26 Å². The predicted octanol–water partition coefficient (Wildman–Crippen LogP) is -0.377. The summed E-state index contributed by atoms with van der Waals surface area (Å²) in [6.07, 6.45) is 0.546. The van der Waals surface area contributed by atoms with Crippen LogP contribution in [0.3, 0.4) is 0 Å². The van der Waals surface area contributed by atoms with E-state index >= 15 is 0 Å². The zero-order valence-electron chi connectivity index (χ0n) is 5.39. The smallest absolute Gasteiger partial charge is 0.167 e. The molecule has 0 radical (unpaired) electrons. The molecule has 0 aromatic carbocycles. The van der Waals surface area contributed by atoms with Gasteiger partial charge in [0.25, 0.3) is 0 Å². The molecule has 1 heterocycles. The summed E-state index contributed by atoms with van der Waals surface area (Å²) in [5.41, 5.74) is -1.11. The molecule has 1 aliphatic heterocycles. The van der Waals surface area contributed by atoms with Crippen molar-refractivity contribution in [2.24, 2.45) is 0 Å². The third-order valence-electron chi connectivity index (χ3n) is 1.87. The van der Waals surface area contributed by atoms with E-state index in [1.807, 2.05) is 13.0 Å². The third-order valence-corrected chi connectivity index (χ3v) is 1.87. The summed E-state index contributed by atoms with van der Waals surface area (Å²) in [5.74, 6) is 0. The maximum absolute atomic E-state index is 9.34. The van der Waals surface area contributed by atoms with Crippen molar-refractivity contribution in [1.82, 2.24) is 5.32 Å². The Bertz CT molecular complexity index is 152. The molecule has 0 saturated carbocycles. The van der Waals surface area contributed by atoms with Gasteiger partial charge < -0.3 is 10.4 Å². The van der Waals surface area contributed by atoms with E-state index in [1.54, 1.807) is 0 Å². The number of hydrogen-bond acceptors (Lipinski definition) is 3. The molecule has 1 saturated heterocycles. The van der Waals surface area contributed by atoms with Gasteiger partial charge in [-0.15, -0.1) is 0 Å². The fourth-order valence-electron chi connectivity index (χ4n) is 1.02. The minimum atomic E-state index is -1.11. The van der Waals surface area contributed by atoms with Crippen molar-refractivity contribution >= 4 is 0 Å². The molecular formula is C6H10N2O. The second-order valence-corrected chi connectivity index (χ2v) is 2.46. The summed E-state index contributed by atoms with van der Waals surface area (Å²) < 4.78 is 0. The highest BCUT2D eigenvalue weighted by Crippen LogP contribution is 2.18. The van der Waals surface area contributed by atoms with Crippen LogP contribution >= 0.6 is 0 Å².